The van der Waals surface area contributed by atoms with Crippen LogP contribution in [0.1, 0.15) is 0 Å². The van der Waals surface area contributed by atoms with Crippen LogP contribution in [0.15, 0.2) is 64.1 Å². The molecule has 36 heavy (non-hydrogen) atoms. The van der Waals surface area contributed by atoms with Gasteiger partial charge >= 0.3 is 5.97 Å². The molecular weight excluding hydrogens is 587 g/mol. The number of aliphatic carboxylic acids is 1. The van der Waals surface area contributed by atoms with E-state index in [0.717, 1.165) is 39.0 Å². The summed E-state index contributed by atoms with van der Waals surface area (Å²) in [4.78, 5) is 14.4. The van der Waals surface area contributed by atoms with Crippen LogP contribution >= 0.6 is 51.1 Å². The van der Waals surface area contributed by atoms with E-state index in [1.807, 2.05) is 55.2 Å². The van der Waals surface area contributed by atoms with Gasteiger partial charge < -0.3 is 19.6 Å². The maximum atomic E-state index is 11.6. The number of fused-ring (bicyclic) bond motifs is 1. The minimum atomic E-state index is -0.957. The molecule has 8 nitrogen and oxygen atoms in total. The van der Waals surface area contributed by atoms with Gasteiger partial charge in [-0.25, -0.2) is 0 Å². The van der Waals surface area contributed by atoms with Crippen LogP contribution < -0.4 is 9.62 Å². The predicted octanol–water partition coefficient (Wildman–Crippen LogP) is 6.06. The summed E-state index contributed by atoms with van der Waals surface area (Å²) in [6, 6.07) is 14.7. The molecule has 0 amide bonds. The Bertz CT molecular complexity index is 1360. The van der Waals surface area contributed by atoms with Gasteiger partial charge in [0.25, 0.3) is 0 Å². The summed E-state index contributed by atoms with van der Waals surface area (Å²) < 4.78 is 4.47. The molecule has 0 bridgehead atoms. The lowest BCUT2D eigenvalue weighted by Crippen LogP contribution is -2.22. The van der Waals surface area contributed by atoms with Crippen molar-refractivity contribution < 1.29 is 9.90 Å². The van der Waals surface area contributed by atoms with E-state index in [1.54, 1.807) is 22.5 Å². The Morgan fingerprint density at radius 3 is 2.50 bits per heavy atom. The average Bonchev–Trinajstić information content (AvgIpc) is 3.14. The van der Waals surface area contributed by atoms with Gasteiger partial charge in [0.1, 0.15) is 12.4 Å². The largest absolute Gasteiger partial charge is 0.480 e. The molecule has 0 aliphatic carbocycles. The Labute approximate surface area is 231 Å². The minimum Gasteiger partial charge on any atom is -0.480 e. The van der Waals surface area contributed by atoms with E-state index >= 15 is 0 Å². The average molecular weight is 610 g/mol. The molecule has 0 spiro atoms. The lowest BCUT2D eigenvalue weighted by molar-refractivity contribution is -0.135. The van der Waals surface area contributed by atoms with E-state index in [4.69, 9.17) is 23.2 Å². The van der Waals surface area contributed by atoms with Gasteiger partial charge in [-0.15, -0.1) is 10.2 Å². The second-order valence-electron chi connectivity index (χ2n) is 8.18. The van der Waals surface area contributed by atoms with Gasteiger partial charge in [0.2, 0.25) is 0 Å². The molecular formula is C24H23BrCl2N6O2S. The minimum absolute atomic E-state index is 0.216. The fraction of sp³-hybridized carbons (Fsp3) is 0.208. The van der Waals surface area contributed by atoms with Crippen molar-refractivity contribution in [2.75, 3.05) is 43.4 Å². The molecule has 2 aromatic heterocycles. The first-order valence-electron chi connectivity index (χ1n) is 10.9. The highest BCUT2D eigenvalue weighted by Crippen LogP contribution is 2.36. The highest BCUT2D eigenvalue weighted by atomic mass is 79.9. The number of nitrogens with one attached hydrogen (secondary N) is 1. The standard InChI is InChI=1S/C24H23BrCl2N6O2S/c1-31(2)8-7-28-22-5-6-23(30-29-22)32-13-20(25)19-12-17(3-4-21(19)32)33(14-24(34)35)36-18-10-15(26)9-16(27)11-18/h3-6,9-13H,7-8,14H2,1-2H3,(H,28,29)(H,34,35). The summed E-state index contributed by atoms with van der Waals surface area (Å²) in [7, 11) is 4.03. The van der Waals surface area contributed by atoms with E-state index in [2.05, 4.69) is 36.3 Å². The highest BCUT2D eigenvalue weighted by Gasteiger charge is 2.17. The summed E-state index contributed by atoms with van der Waals surface area (Å²) in [5.41, 5.74) is 1.62. The Balaban J connectivity index is 1.62. The number of aromatic nitrogens is 3. The number of nitrogens with zero attached hydrogens (tertiary/aromatic N) is 5. The van der Waals surface area contributed by atoms with Crippen molar-refractivity contribution in [1.82, 2.24) is 19.7 Å². The van der Waals surface area contributed by atoms with Crippen molar-refractivity contribution >= 4 is 79.5 Å². The van der Waals surface area contributed by atoms with E-state index in [9.17, 15) is 9.90 Å². The van der Waals surface area contributed by atoms with Crippen LogP contribution in [0, 0.1) is 0 Å². The maximum Gasteiger partial charge on any atom is 0.324 e. The molecule has 0 atom stereocenters. The number of benzene rings is 2. The number of anilines is 2. The summed E-state index contributed by atoms with van der Waals surface area (Å²) >= 11 is 17.2. The van der Waals surface area contributed by atoms with Gasteiger partial charge in [-0.05, 0) is 90.5 Å². The molecule has 2 heterocycles. The molecule has 4 aromatic rings. The summed E-state index contributed by atoms with van der Waals surface area (Å²) in [6.45, 7) is 1.45. The van der Waals surface area contributed by atoms with Crippen LogP contribution in [0.25, 0.3) is 16.7 Å². The normalized spacial score (nSPS) is 11.3. The second-order valence-corrected chi connectivity index (χ2v) is 11.0. The topological polar surface area (TPSA) is 86.5 Å². The van der Waals surface area contributed by atoms with Crippen molar-refractivity contribution in [3.8, 4) is 5.82 Å². The smallest absolute Gasteiger partial charge is 0.324 e. The molecule has 4 rings (SSSR count). The molecule has 12 heteroatoms. The fourth-order valence-electron chi connectivity index (χ4n) is 3.49. The second kappa shape index (κ2) is 11.7. The first-order chi connectivity index (χ1) is 17.2. The Morgan fingerprint density at radius 1 is 1.11 bits per heavy atom. The van der Waals surface area contributed by atoms with Crippen LogP contribution in [0.2, 0.25) is 10.0 Å². The molecule has 0 unspecified atom stereocenters. The number of carbonyl (C=O) groups is 1. The Hall–Kier alpha value is -2.50. The number of likely N-dealkylation sites (N-methyl/N-ethyl adjacent to an activating group) is 1. The van der Waals surface area contributed by atoms with E-state index in [1.165, 1.54) is 11.9 Å². The first kappa shape index (κ1) is 26.6. The molecule has 0 saturated heterocycles. The molecule has 2 aromatic carbocycles. The maximum absolute atomic E-state index is 11.6. The molecule has 0 saturated carbocycles. The highest BCUT2D eigenvalue weighted by molar-refractivity contribution is 9.10. The molecule has 0 radical (unpaired) electrons. The van der Waals surface area contributed by atoms with Crippen molar-refractivity contribution in [1.29, 1.82) is 0 Å². The van der Waals surface area contributed by atoms with Crippen LogP contribution in [-0.4, -0.2) is 64.5 Å². The van der Waals surface area contributed by atoms with E-state index in [-0.39, 0.29) is 6.54 Å². The number of halogens is 3. The number of carboxylic acids is 1. The third kappa shape index (κ3) is 6.63. The Morgan fingerprint density at radius 2 is 1.86 bits per heavy atom. The van der Waals surface area contributed by atoms with Crippen LogP contribution in [0.3, 0.4) is 0 Å². The molecule has 2 N–H and O–H groups in total. The molecule has 188 valence electrons. The quantitative estimate of drug-likeness (QED) is 0.210. The number of hydrogen-bond acceptors (Lipinski definition) is 7. The lowest BCUT2D eigenvalue weighted by Gasteiger charge is -2.22. The SMILES string of the molecule is CN(C)CCNc1ccc(-n2cc(Br)c3cc(N(CC(=O)O)Sc4cc(Cl)cc(Cl)c4)ccc32)nn1. The van der Waals surface area contributed by atoms with Gasteiger partial charge in [-0.3, -0.25) is 9.36 Å². The third-order valence-corrected chi connectivity index (χ3v) is 7.20. The predicted molar refractivity (Wildman–Crippen MR) is 151 cm³/mol. The number of carboxylic acid groups (broad SMARTS) is 1. The van der Waals surface area contributed by atoms with Gasteiger partial charge in [-0.2, -0.15) is 0 Å². The van der Waals surface area contributed by atoms with E-state index < -0.39 is 5.97 Å². The van der Waals surface area contributed by atoms with Crippen molar-refractivity contribution in [3.63, 3.8) is 0 Å². The lowest BCUT2D eigenvalue weighted by atomic mass is 10.2. The summed E-state index contributed by atoms with van der Waals surface area (Å²) in [6.07, 6.45) is 1.92. The van der Waals surface area contributed by atoms with Gasteiger partial charge in [-0.1, -0.05) is 23.2 Å². The monoisotopic (exact) mass is 608 g/mol. The fourth-order valence-corrected chi connectivity index (χ4v) is 5.67. The van der Waals surface area contributed by atoms with Crippen LogP contribution in [0.4, 0.5) is 11.5 Å². The van der Waals surface area contributed by atoms with Crippen molar-refractivity contribution in [2.24, 2.45) is 0 Å². The van der Waals surface area contributed by atoms with Crippen molar-refractivity contribution in [2.45, 2.75) is 4.90 Å². The van der Waals surface area contributed by atoms with Gasteiger partial charge in [0.05, 0.1) is 5.52 Å². The van der Waals surface area contributed by atoms with Crippen LogP contribution in [-0.2, 0) is 4.79 Å². The third-order valence-electron chi connectivity index (χ3n) is 5.12. The van der Waals surface area contributed by atoms with Gasteiger partial charge in [0, 0.05) is 49.8 Å². The number of hydrogen-bond donors (Lipinski definition) is 2. The molecule has 0 fully saturated rings. The van der Waals surface area contributed by atoms with Crippen LogP contribution in [0.5, 0.6) is 0 Å². The van der Waals surface area contributed by atoms with Gasteiger partial charge in [0.15, 0.2) is 5.82 Å². The zero-order valence-electron chi connectivity index (χ0n) is 19.5. The zero-order valence-corrected chi connectivity index (χ0v) is 23.4. The molecule has 0 aliphatic heterocycles. The Kier molecular flexibility index (Phi) is 8.63. The van der Waals surface area contributed by atoms with Crippen molar-refractivity contribution in [3.05, 3.63) is 69.2 Å². The van der Waals surface area contributed by atoms with E-state index in [0.29, 0.717) is 21.7 Å². The first-order valence-corrected chi connectivity index (χ1v) is 13.2. The molecule has 0 aliphatic rings. The summed E-state index contributed by atoms with van der Waals surface area (Å²) in [5, 5.41) is 23.3. The number of rotatable bonds is 10. The summed E-state index contributed by atoms with van der Waals surface area (Å²) in [5.74, 6) is 0.421. The zero-order chi connectivity index (χ0) is 25.8.